The molecule has 4 aromatic rings. The molecule has 4 aromatic carbocycles. The first-order valence-electron chi connectivity index (χ1n) is 15.9. The standard InChI is InChI=1S/C41H41NS/c1-27-25-36-33(32-18-9-15-29-13-5-7-17-31(29)32)19-10-20-34(36)40(27)43(3,4)41-28(2)26-37-35(41)21-11-23-39(37)42-24-12-16-30-14-6-8-22-38(30)42/h5-11,13-15,17-23,25-26,35,37,40-41H,12,16,24H2,1-4H3. The number of nitrogens with zero attached hydrogens (tertiary/aromatic N) is 1. The molecular formula is C41H41NS. The quantitative estimate of drug-likeness (QED) is 0.217. The molecule has 0 bridgehead atoms. The number of para-hydroxylation sites is 1. The van der Waals surface area contributed by atoms with Crippen LogP contribution in [0.4, 0.5) is 5.69 Å². The van der Waals surface area contributed by atoms with Gasteiger partial charge in [0.05, 0.1) is 0 Å². The zero-order chi connectivity index (χ0) is 29.3. The average Bonchev–Trinajstić information content (AvgIpc) is 3.56. The molecule has 0 aromatic heterocycles. The predicted octanol–water partition coefficient (Wildman–Crippen LogP) is 10.5. The Labute approximate surface area is 258 Å². The van der Waals surface area contributed by atoms with Gasteiger partial charge in [-0.15, -0.1) is 0 Å². The Hall–Kier alpha value is -3.75. The van der Waals surface area contributed by atoms with Crippen molar-refractivity contribution in [2.45, 2.75) is 37.2 Å². The Bertz CT molecular complexity index is 1880. The number of aryl methyl sites for hydroxylation is 1. The summed E-state index contributed by atoms with van der Waals surface area (Å²) in [6.45, 7) is 5.93. The third-order valence-corrected chi connectivity index (χ3v) is 14.4. The Kier molecular flexibility index (Phi) is 6.35. The molecule has 1 nitrogen and oxygen atoms in total. The van der Waals surface area contributed by atoms with Crippen LogP contribution in [0, 0.1) is 11.8 Å². The first-order chi connectivity index (χ1) is 20.9. The molecule has 4 aliphatic rings. The minimum atomic E-state index is -1.11. The summed E-state index contributed by atoms with van der Waals surface area (Å²) in [5.74, 6) is 0.956. The number of hydrogen-bond donors (Lipinski definition) is 0. The summed E-state index contributed by atoms with van der Waals surface area (Å²) in [6, 6.07) is 31.7. The van der Waals surface area contributed by atoms with Gasteiger partial charge in [0.2, 0.25) is 0 Å². The summed E-state index contributed by atoms with van der Waals surface area (Å²) >= 11 is 0. The number of fused-ring (bicyclic) bond motifs is 4. The van der Waals surface area contributed by atoms with E-state index in [2.05, 4.69) is 147 Å². The largest absolute Gasteiger partial charge is 0.344 e. The van der Waals surface area contributed by atoms with Crippen LogP contribution in [0.5, 0.6) is 0 Å². The summed E-state index contributed by atoms with van der Waals surface area (Å²) in [7, 11) is -1.11. The molecule has 43 heavy (non-hydrogen) atoms. The Morgan fingerprint density at radius 3 is 2.47 bits per heavy atom. The third kappa shape index (κ3) is 4.14. The molecule has 4 unspecified atom stereocenters. The number of rotatable bonds is 4. The monoisotopic (exact) mass is 579 g/mol. The van der Waals surface area contributed by atoms with Crippen LogP contribution in [0.3, 0.4) is 0 Å². The fraction of sp³-hybridized carbons (Fsp3) is 0.268. The summed E-state index contributed by atoms with van der Waals surface area (Å²) in [5.41, 5.74) is 13.2. The lowest BCUT2D eigenvalue weighted by molar-refractivity contribution is 0.544. The lowest BCUT2D eigenvalue weighted by Crippen LogP contribution is -2.37. The van der Waals surface area contributed by atoms with E-state index in [0.717, 1.165) is 6.54 Å². The molecule has 1 aliphatic heterocycles. The topological polar surface area (TPSA) is 3.24 Å². The second-order valence-electron chi connectivity index (χ2n) is 13.4. The summed E-state index contributed by atoms with van der Waals surface area (Å²) < 4.78 is 0. The van der Waals surface area contributed by atoms with Crippen molar-refractivity contribution in [1.29, 1.82) is 0 Å². The van der Waals surface area contributed by atoms with Gasteiger partial charge >= 0.3 is 0 Å². The molecule has 2 heteroatoms. The van der Waals surface area contributed by atoms with E-state index in [1.165, 1.54) is 68.4 Å². The van der Waals surface area contributed by atoms with E-state index < -0.39 is 10.0 Å². The smallest absolute Gasteiger partial charge is 0.0440 e. The van der Waals surface area contributed by atoms with Crippen LogP contribution < -0.4 is 4.90 Å². The van der Waals surface area contributed by atoms with E-state index in [1.54, 1.807) is 5.57 Å². The fourth-order valence-electron chi connectivity index (χ4n) is 9.00. The first-order valence-corrected chi connectivity index (χ1v) is 18.4. The second kappa shape index (κ2) is 10.2. The number of allylic oxidation sites excluding steroid dienone is 4. The van der Waals surface area contributed by atoms with Gasteiger partial charge in [-0.3, -0.25) is 0 Å². The second-order valence-corrected chi connectivity index (χ2v) is 17.3. The van der Waals surface area contributed by atoms with Crippen LogP contribution in [-0.2, 0) is 6.42 Å². The van der Waals surface area contributed by atoms with Crippen molar-refractivity contribution in [1.82, 2.24) is 0 Å². The van der Waals surface area contributed by atoms with Gasteiger partial charge in [-0.25, -0.2) is 10.0 Å². The van der Waals surface area contributed by atoms with Crippen LogP contribution in [0.25, 0.3) is 28.0 Å². The van der Waals surface area contributed by atoms with Crippen LogP contribution >= 0.6 is 10.0 Å². The Balaban J connectivity index is 1.16. The van der Waals surface area contributed by atoms with Gasteiger partial charge in [0.25, 0.3) is 0 Å². The highest BCUT2D eigenvalue weighted by atomic mass is 32.3. The molecular weight excluding hydrogens is 539 g/mol. The Morgan fingerprint density at radius 2 is 1.56 bits per heavy atom. The van der Waals surface area contributed by atoms with Crippen LogP contribution in [0.1, 0.15) is 42.2 Å². The Morgan fingerprint density at radius 1 is 0.791 bits per heavy atom. The zero-order valence-corrected chi connectivity index (χ0v) is 26.6. The maximum absolute atomic E-state index is 2.64. The van der Waals surface area contributed by atoms with Crippen LogP contribution in [0.2, 0.25) is 0 Å². The van der Waals surface area contributed by atoms with Gasteiger partial charge in [0, 0.05) is 40.3 Å². The SMILES string of the molecule is CC1=Cc2c(-c3cccc4ccccc34)cccc2C1S(C)(C)C1C(C)=CC2C(N3CCCc4ccccc43)=CC=CC21. The summed E-state index contributed by atoms with van der Waals surface area (Å²) in [6.07, 6.45) is 20.1. The van der Waals surface area contributed by atoms with E-state index in [9.17, 15) is 0 Å². The average molecular weight is 580 g/mol. The summed E-state index contributed by atoms with van der Waals surface area (Å²) in [5, 5.41) is 3.66. The maximum Gasteiger partial charge on any atom is 0.0440 e. The normalized spacial score (nSPS) is 24.7. The highest BCUT2D eigenvalue weighted by Crippen LogP contribution is 2.69. The van der Waals surface area contributed by atoms with Crippen molar-refractivity contribution in [3.8, 4) is 11.1 Å². The van der Waals surface area contributed by atoms with Gasteiger partial charge in [0.1, 0.15) is 0 Å². The number of benzene rings is 4. The molecule has 0 radical (unpaired) electrons. The van der Waals surface area contributed by atoms with Crippen molar-refractivity contribution in [3.05, 3.63) is 143 Å². The first kappa shape index (κ1) is 26.8. The molecule has 3 aliphatic carbocycles. The van der Waals surface area contributed by atoms with E-state index in [1.807, 2.05) is 0 Å². The van der Waals surface area contributed by atoms with E-state index in [4.69, 9.17) is 0 Å². The molecule has 8 rings (SSSR count). The highest BCUT2D eigenvalue weighted by molar-refractivity contribution is 8.33. The van der Waals surface area contributed by atoms with Gasteiger partial charge in [0.15, 0.2) is 0 Å². The molecule has 0 N–H and O–H groups in total. The van der Waals surface area contributed by atoms with Gasteiger partial charge in [-0.05, 0) is 89.9 Å². The van der Waals surface area contributed by atoms with Crippen LogP contribution in [-0.4, -0.2) is 24.3 Å². The van der Waals surface area contributed by atoms with Gasteiger partial charge < -0.3 is 4.90 Å². The fourth-order valence-corrected chi connectivity index (χ4v) is 13.3. The van der Waals surface area contributed by atoms with Crippen molar-refractivity contribution in [2.24, 2.45) is 11.8 Å². The van der Waals surface area contributed by atoms with Crippen molar-refractivity contribution >= 4 is 32.6 Å². The van der Waals surface area contributed by atoms with E-state index >= 15 is 0 Å². The van der Waals surface area contributed by atoms with Crippen molar-refractivity contribution in [3.63, 3.8) is 0 Å². The summed E-state index contributed by atoms with van der Waals surface area (Å²) in [4.78, 5) is 2.64. The maximum atomic E-state index is 2.64. The van der Waals surface area contributed by atoms with Crippen molar-refractivity contribution in [2.75, 3.05) is 24.0 Å². The lowest BCUT2D eigenvalue weighted by Gasteiger charge is -2.49. The highest BCUT2D eigenvalue weighted by Gasteiger charge is 2.48. The molecule has 0 saturated carbocycles. The van der Waals surface area contributed by atoms with E-state index in [0.29, 0.717) is 22.3 Å². The van der Waals surface area contributed by atoms with Gasteiger partial charge in [-0.1, -0.05) is 114 Å². The molecule has 0 fully saturated rings. The van der Waals surface area contributed by atoms with Crippen LogP contribution in [0.15, 0.2) is 126 Å². The molecule has 0 saturated heterocycles. The predicted molar refractivity (Wildman–Crippen MR) is 189 cm³/mol. The molecule has 4 atom stereocenters. The minimum Gasteiger partial charge on any atom is -0.344 e. The van der Waals surface area contributed by atoms with E-state index in [-0.39, 0.29) is 0 Å². The molecule has 0 amide bonds. The number of anilines is 1. The lowest BCUT2D eigenvalue weighted by atomic mass is 9.86. The third-order valence-electron chi connectivity index (χ3n) is 10.6. The van der Waals surface area contributed by atoms with Crippen molar-refractivity contribution < 1.29 is 0 Å². The molecule has 1 heterocycles. The minimum absolute atomic E-state index is 0.445. The number of hydrogen-bond acceptors (Lipinski definition) is 1. The van der Waals surface area contributed by atoms with Gasteiger partial charge in [-0.2, -0.15) is 0 Å². The molecule has 0 spiro atoms. The zero-order valence-electron chi connectivity index (χ0n) is 25.8. The molecule has 216 valence electrons.